The molecule has 0 aromatic heterocycles. The summed E-state index contributed by atoms with van der Waals surface area (Å²) >= 11 is 3.38. The van der Waals surface area contributed by atoms with Crippen LogP contribution in [0.4, 0.5) is 5.69 Å². The number of fused-ring (bicyclic) bond motifs is 1. The molecule has 1 aliphatic heterocycles. The zero-order valence-corrected chi connectivity index (χ0v) is 13.3. The number of benzene rings is 1. The topological polar surface area (TPSA) is 46.6 Å². The van der Waals surface area contributed by atoms with Gasteiger partial charge in [0.05, 0.1) is 4.83 Å². The summed E-state index contributed by atoms with van der Waals surface area (Å²) in [6.45, 7) is 2.70. The van der Waals surface area contributed by atoms with Gasteiger partial charge in [-0.05, 0) is 36.6 Å². The summed E-state index contributed by atoms with van der Waals surface area (Å²) in [6, 6.07) is 5.56. The Morgan fingerprint density at radius 1 is 1.45 bits per heavy atom. The molecular weight excluding hydrogens is 322 g/mol. The quantitative estimate of drug-likeness (QED) is 0.611. The Morgan fingerprint density at radius 2 is 2.20 bits per heavy atom. The Balaban J connectivity index is 2.22. The lowest BCUT2D eigenvalue weighted by molar-refractivity contribution is -0.122. The molecule has 0 fully saturated rings. The van der Waals surface area contributed by atoms with E-state index >= 15 is 0 Å². The highest BCUT2D eigenvalue weighted by Gasteiger charge is 2.26. The third-order valence-electron chi connectivity index (χ3n) is 3.47. The molecular formula is C15H18BrNO3. The maximum atomic E-state index is 12.1. The van der Waals surface area contributed by atoms with Crippen LogP contribution in [0.3, 0.4) is 0 Å². The number of anilines is 1. The van der Waals surface area contributed by atoms with E-state index in [-0.39, 0.29) is 23.1 Å². The minimum absolute atomic E-state index is 0.0442. The fraction of sp³-hybridized carbons (Fsp3) is 0.467. The molecule has 4 nitrogen and oxygen atoms in total. The van der Waals surface area contributed by atoms with Crippen molar-refractivity contribution in [3.63, 3.8) is 0 Å². The van der Waals surface area contributed by atoms with Gasteiger partial charge in [0.15, 0.2) is 5.78 Å². The van der Waals surface area contributed by atoms with Crippen molar-refractivity contribution in [2.75, 3.05) is 25.2 Å². The number of hydrogen-bond acceptors (Lipinski definition) is 3. The van der Waals surface area contributed by atoms with Crippen molar-refractivity contribution < 1.29 is 14.3 Å². The van der Waals surface area contributed by atoms with Crippen LogP contribution >= 0.6 is 15.9 Å². The standard InChI is InChI=1S/C15H18BrNO3/c1-3-12(16)15(19)11-4-5-13-10(8-11)6-7-17(13)14(18)9-20-2/h4-5,8,12H,3,6-7,9H2,1-2H3. The molecule has 0 spiro atoms. The second-order valence-electron chi connectivity index (χ2n) is 4.81. The number of hydrogen-bond donors (Lipinski definition) is 0. The Kier molecular flexibility index (Phi) is 4.94. The molecule has 1 unspecified atom stereocenters. The van der Waals surface area contributed by atoms with Crippen LogP contribution in [0, 0.1) is 0 Å². The molecule has 1 aromatic rings. The van der Waals surface area contributed by atoms with Crippen LogP contribution in [-0.2, 0) is 16.0 Å². The van der Waals surface area contributed by atoms with Crippen molar-refractivity contribution >= 4 is 33.3 Å². The fourth-order valence-electron chi connectivity index (χ4n) is 2.38. The van der Waals surface area contributed by atoms with E-state index < -0.39 is 0 Å². The van der Waals surface area contributed by atoms with Crippen LogP contribution in [0.25, 0.3) is 0 Å². The highest BCUT2D eigenvalue weighted by Crippen LogP contribution is 2.30. The van der Waals surface area contributed by atoms with Gasteiger partial charge in [0.25, 0.3) is 5.91 Å². The summed E-state index contributed by atoms with van der Waals surface area (Å²) in [6.07, 6.45) is 1.54. The van der Waals surface area contributed by atoms with Crippen molar-refractivity contribution in [1.82, 2.24) is 0 Å². The van der Waals surface area contributed by atoms with Gasteiger partial charge in [0.1, 0.15) is 6.61 Å². The van der Waals surface area contributed by atoms with Crippen LogP contribution in [0.1, 0.15) is 29.3 Å². The lowest BCUT2D eigenvalue weighted by Crippen LogP contribution is -2.31. The number of alkyl halides is 1. The molecule has 5 heteroatoms. The zero-order chi connectivity index (χ0) is 14.7. The number of carbonyl (C=O) groups excluding carboxylic acids is 2. The average Bonchev–Trinajstić information content (AvgIpc) is 2.88. The molecule has 0 aliphatic carbocycles. The Bertz CT molecular complexity index is 530. The molecule has 0 N–H and O–H groups in total. The number of methoxy groups -OCH3 is 1. The molecule has 108 valence electrons. The van der Waals surface area contributed by atoms with Crippen molar-refractivity contribution in [2.45, 2.75) is 24.6 Å². The Morgan fingerprint density at radius 3 is 2.85 bits per heavy atom. The van der Waals surface area contributed by atoms with E-state index in [2.05, 4.69) is 15.9 Å². The maximum Gasteiger partial charge on any atom is 0.252 e. The van der Waals surface area contributed by atoms with Gasteiger partial charge in [0.2, 0.25) is 0 Å². The minimum atomic E-state index is -0.145. The third-order valence-corrected chi connectivity index (χ3v) is 4.53. The van der Waals surface area contributed by atoms with E-state index in [0.717, 1.165) is 24.1 Å². The molecule has 0 radical (unpaired) electrons. The number of rotatable bonds is 5. The first kappa shape index (κ1) is 15.2. The van der Waals surface area contributed by atoms with Gasteiger partial charge in [-0.2, -0.15) is 0 Å². The molecule has 0 saturated heterocycles. The summed E-state index contributed by atoms with van der Waals surface area (Å²) in [7, 11) is 1.51. The van der Waals surface area contributed by atoms with Crippen LogP contribution in [-0.4, -0.2) is 36.8 Å². The maximum absolute atomic E-state index is 12.1. The van der Waals surface area contributed by atoms with E-state index in [4.69, 9.17) is 4.74 Å². The second-order valence-corrected chi connectivity index (χ2v) is 5.92. The highest BCUT2D eigenvalue weighted by atomic mass is 79.9. The molecule has 1 heterocycles. The van der Waals surface area contributed by atoms with Crippen LogP contribution in [0.5, 0.6) is 0 Å². The summed E-state index contributed by atoms with van der Waals surface area (Å²) in [5.41, 5.74) is 2.65. The first-order chi connectivity index (χ1) is 9.58. The largest absolute Gasteiger partial charge is 0.375 e. The lowest BCUT2D eigenvalue weighted by Gasteiger charge is -2.17. The SMILES string of the molecule is CCC(Br)C(=O)c1ccc2c(c1)CCN2C(=O)COC. The van der Waals surface area contributed by atoms with Crippen molar-refractivity contribution in [1.29, 1.82) is 0 Å². The van der Waals surface area contributed by atoms with Gasteiger partial charge in [-0.1, -0.05) is 22.9 Å². The summed E-state index contributed by atoms with van der Waals surface area (Å²) in [5, 5.41) is 0. The van der Waals surface area contributed by atoms with E-state index in [1.165, 1.54) is 7.11 Å². The molecule has 1 aromatic carbocycles. The molecule has 20 heavy (non-hydrogen) atoms. The summed E-state index contributed by atoms with van der Waals surface area (Å²) in [4.78, 5) is 25.6. The van der Waals surface area contributed by atoms with Gasteiger partial charge in [-0.3, -0.25) is 9.59 Å². The second kappa shape index (κ2) is 6.50. The van der Waals surface area contributed by atoms with Crippen LogP contribution < -0.4 is 4.90 Å². The smallest absolute Gasteiger partial charge is 0.252 e. The Labute approximate surface area is 127 Å². The first-order valence-electron chi connectivity index (χ1n) is 6.69. The van der Waals surface area contributed by atoms with Gasteiger partial charge in [-0.15, -0.1) is 0 Å². The molecule has 0 saturated carbocycles. The molecule has 0 bridgehead atoms. The first-order valence-corrected chi connectivity index (χ1v) is 7.60. The van der Waals surface area contributed by atoms with E-state index in [9.17, 15) is 9.59 Å². The number of amides is 1. The van der Waals surface area contributed by atoms with Crippen molar-refractivity contribution in [3.05, 3.63) is 29.3 Å². The van der Waals surface area contributed by atoms with E-state index in [1.807, 2.05) is 19.1 Å². The Hall–Kier alpha value is -1.20. The molecule has 1 amide bonds. The van der Waals surface area contributed by atoms with E-state index in [1.54, 1.807) is 11.0 Å². The number of halogens is 1. The summed E-state index contributed by atoms with van der Waals surface area (Å²) < 4.78 is 4.89. The van der Waals surface area contributed by atoms with Gasteiger partial charge in [-0.25, -0.2) is 0 Å². The summed E-state index contributed by atoms with van der Waals surface area (Å²) in [5.74, 6) is 0.0502. The number of carbonyl (C=O) groups is 2. The number of ketones is 1. The van der Waals surface area contributed by atoms with Gasteiger partial charge in [0, 0.05) is 24.9 Å². The lowest BCUT2D eigenvalue weighted by atomic mass is 10.0. The average molecular weight is 340 g/mol. The normalized spacial score (nSPS) is 15.1. The van der Waals surface area contributed by atoms with Gasteiger partial charge < -0.3 is 9.64 Å². The fourth-order valence-corrected chi connectivity index (χ4v) is 2.65. The molecule has 1 aliphatic rings. The van der Waals surface area contributed by atoms with Crippen LogP contribution in [0.2, 0.25) is 0 Å². The highest BCUT2D eigenvalue weighted by molar-refractivity contribution is 9.10. The zero-order valence-electron chi connectivity index (χ0n) is 11.7. The number of nitrogens with zero attached hydrogens (tertiary/aromatic N) is 1. The molecule has 2 rings (SSSR count). The van der Waals surface area contributed by atoms with Crippen LogP contribution in [0.15, 0.2) is 18.2 Å². The number of ether oxygens (including phenoxy) is 1. The molecule has 1 atom stereocenters. The van der Waals surface area contributed by atoms with Gasteiger partial charge >= 0.3 is 0 Å². The minimum Gasteiger partial charge on any atom is -0.375 e. The predicted molar refractivity (Wildman–Crippen MR) is 81.7 cm³/mol. The number of Topliss-reactive ketones (excluding diaryl/α,β-unsaturated/α-hetero) is 1. The predicted octanol–water partition coefficient (Wildman–Crippen LogP) is 2.58. The van der Waals surface area contributed by atoms with Crippen molar-refractivity contribution in [3.8, 4) is 0 Å². The monoisotopic (exact) mass is 339 g/mol. The van der Waals surface area contributed by atoms with E-state index in [0.29, 0.717) is 12.1 Å². The third kappa shape index (κ3) is 2.94. The van der Waals surface area contributed by atoms with Crippen molar-refractivity contribution in [2.24, 2.45) is 0 Å².